The van der Waals surface area contributed by atoms with E-state index in [-0.39, 0.29) is 27.7 Å². The number of anilines is 2. The monoisotopic (exact) mass is 275 g/mol. The molecule has 0 fully saturated rings. The highest BCUT2D eigenvalue weighted by molar-refractivity contribution is 7.17. The van der Waals surface area contributed by atoms with E-state index in [9.17, 15) is 13.6 Å². The van der Waals surface area contributed by atoms with E-state index >= 15 is 0 Å². The smallest absolute Gasteiger partial charge is 0.343 e. The third kappa shape index (κ3) is 3.07. The molecule has 0 radical (unpaired) electrons. The molecule has 0 spiro atoms. The van der Waals surface area contributed by atoms with Crippen LogP contribution in [0.15, 0.2) is 0 Å². The highest BCUT2D eigenvalue weighted by Crippen LogP contribution is 2.35. The SMILES string of the molecule is CCOC(=O)c1c(NCC(F)F)sc(C#N)c1N. The quantitative estimate of drug-likeness (QED) is 0.803. The van der Waals surface area contributed by atoms with E-state index in [1.807, 2.05) is 0 Å². The molecule has 0 amide bonds. The van der Waals surface area contributed by atoms with Crippen LogP contribution in [-0.4, -0.2) is 25.5 Å². The fourth-order valence-electron chi connectivity index (χ4n) is 1.23. The lowest BCUT2D eigenvalue weighted by Gasteiger charge is -2.06. The molecule has 0 saturated heterocycles. The van der Waals surface area contributed by atoms with Crippen LogP contribution in [0.1, 0.15) is 22.2 Å². The van der Waals surface area contributed by atoms with Gasteiger partial charge in [-0.2, -0.15) is 5.26 Å². The number of nitrogens with two attached hydrogens (primary N) is 1. The van der Waals surface area contributed by atoms with Crippen molar-refractivity contribution in [2.75, 3.05) is 24.2 Å². The van der Waals surface area contributed by atoms with Gasteiger partial charge in [0.05, 0.1) is 18.8 Å². The van der Waals surface area contributed by atoms with Crippen molar-refractivity contribution in [3.63, 3.8) is 0 Å². The van der Waals surface area contributed by atoms with Crippen LogP contribution in [-0.2, 0) is 4.74 Å². The third-order valence-corrected chi connectivity index (χ3v) is 3.01. The Kier molecular flexibility index (Phi) is 4.85. The van der Waals surface area contributed by atoms with Crippen LogP contribution < -0.4 is 11.1 Å². The second-order valence-corrected chi connectivity index (χ2v) is 4.17. The Morgan fingerprint density at radius 2 is 2.33 bits per heavy atom. The molecular formula is C10H11F2N3O2S. The number of alkyl halides is 2. The van der Waals surface area contributed by atoms with Gasteiger partial charge < -0.3 is 15.8 Å². The van der Waals surface area contributed by atoms with Crippen molar-refractivity contribution in [3.8, 4) is 6.07 Å². The zero-order valence-corrected chi connectivity index (χ0v) is 10.3. The number of nitriles is 1. The molecule has 0 aromatic carbocycles. The first-order valence-corrected chi connectivity index (χ1v) is 5.84. The van der Waals surface area contributed by atoms with Gasteiger partial charge in [0.2, 0.25) is 0 Å². The molecule has 1 aromatic rings. The summed E-state index contributed by atoms with van der Waals surface area (Å²) in [5.74, 6) is -0.732. The van der Waals surface area contributed by atoms with Crippen LogP contribution in [0.2, 0.25) is 0 Å². The molecule has 0 aliphatic carbocycles. The summed E-state index contributed by atoms with van der Waals surface area (Å²) < 4.78 is 29.0. The first kappa shape index (κ1) is 14.2. The molecule has 8 heteroatoms. The molecule has 1 aromatic heterocycles. The zero-order chi connectivity index (χ0) is 13.7. The first-order valence-electron chi connectivity index (χ1n) is 5.02. The lowest BCUT2D eigenvalue weighted by molar-refractivity contribution is 0.0529. The second-order valence-electron chi connectivity index (χ2n) is 3.15. The van der Waals surface area contributed by atoms with Gasteiger partial charge in [0, 0.05) is 0 Å². The molecule has 1 heterocycles. The molecule has 0 aliphatic heterocycles. The van der Waals surface area contributed by atoms with Gasteiger partial charge in [-0.25, -0.2) is 13.6 Å². The van der Waals surface area contributed by atoms with Crippen LogP contribution in [0.3, 0.4) is 0 Å². The number of ether oxygens (including phenoxy) is 1. The van der Waals surface area contributed by atoms with E-state index in [2.05, 4.69) is 5.32 Å². The third-order valence-electron chi connectivity index (χ3n) is 1.94. The van der Waals surface area contributed by atoms with Crippen LogP contribution in [0.4, 0.5) is 19.5 Å². The fraction of sp³-hybridized carbons (Fsp3) is 0.400. The second kappa shape index (κ2) is 6.16. The minimum atomic E-state index is -2.58. The van der Waals surface area contributed by atoms with E-state index < -0.39 is 18.9 Å². The minimum Gasteiger partial charge on any atom is -0.462 e. The van der Waals surface area contributed by atoms with Gasteiger partial charge in [0.1, 0.15) is 21.5 Å². The number of carbonyl (C=O) groups excluding carboxylic acids is 1. The van der Waals surface area contributed by atoms with Crippen LogP contribution in [0, 0.1) is 11.3 Å². The van der Waals surface area contributed by atoms with Crippen molar-refractivity contribution in [2.24, 2.45) is 0 Å². The Labute approximate surface area is 106 Å². The number of hydrogen-bond acceptors (Lipinski definition) is 6. The summed E-state index contributed by atoms with van der Waals surface area (Å²) in [4.78, 5) is 11.7. The molecule has 98 valence electrons. The molecule has 18 heavy (non-hydrogen) atoms. The Morgan fingerprint density at radius 3 is 2.83 bits per heavy atom. The lowest BCUT2D eigenvalue weighted by atomic mass is 10.2. The van der Waals surface area contributed by atoms with Crippen molar-refractivity contribution in [2.45, 2.75) is 13.3 Å². The van der Waals surface area contributed by atoms with Crippen LogP contribution in [0.25, 0.3) is 0 Å². The zero-order valence-electron chi connectivity index (χ0n) is 9.50. The predicted octanol–water partition coefficient (Wildman–Crippen LogP) is 2.06. The summed E-state index contributed by atoms with van der Waals surface area (Å²) in [6.07, 6.45) is -2.58. The number of thiophene rings is 1. The van der Waals surface area contributed by atoms with Crippen LogP contribution in [0.5, 0.6) is 0 Å². The Bertz CT molecular complexity index is 482. The van der Waals surface area contributed by atoms with Crippen molar-refractivity contribution in [1.29, 1.82) is 5.26 Å². The van der Waals surface area contributed by atoms with Gasteiger partial charge in [0.15, 0.2) is 0 Å². The molecule has 1 rings (SSSR count). The Hall–Kier alpha value is -1.88. The van der Waals surface area contributed by atoms with Gasteiger partial charge in [0.25, 0.3) is 6.43 Å². The fourth-order valence-corrected chi connectivity index (χ4v) is 2.14. The molecule has 5 nitrogen and oxygen atoms in total. The summed E-state index contributed by atoms with van der Waals surface area (Å²) >= 11 is 0.851. The van der Waals surface area contributed by atoms with Gasteiger partial charge >= 0.3 is 5.97 Å². The van der Waals surface area contributed by atoms with E-state index in [0.717, 1.165) is 11.3 Å². The Morgan fingerprint density at radius 1 is 1.67 bits per heavy atom. The molecule has 0 aliphatic rings. The van der Waals surface area contributed by atoms with Crippen molar-refractivity contribution < 1.29 is 18.3 Å². The van der Waals surface area contributed by atoms with E-state index in [1.165, 1.54) is 0 Å². The maximum atomic E-state index is 12.1. The van der Waals surface area contributed by atoms with Gasteiger partial charge in [-0.15, -0.1) is 11.3 Å². The largest absolute Gasteiger partial charge is 0.462 e. The molecule has 0 unspecified atom stereocenters. The maximum Gasteiger partial charge on any atom is 0.343 e. The molecule has 0 bridgehead atoms. The summed E-state index contributed by atoms with van der Waals surface area (Å²) in [7, 11) is 0. The number of hydrogen-bond donors (Lipinski definition) is 2. The number of nitrogens with one attached hydrogen (secondary N) is 1. The highest BCUT2D eigenvalue weighted by Gasteiger charge is 2.23. The topological polar surface area (TPSA) is 88.1 Å². The Balaban J connectivity index is 3.08. The van der Waals surface area contributed by atoms with Crippen molar-refractivity contribution in [1.82, 2.24) is 0 Å². The van der Waals surface area contributed by atoms with Crippen molar-refractivity contribution >= 4 is 28.0 Å². The van der Waals surface area contributed by atoms with Gasteiger partial charge in [-0.05, 0) is 6.92 Å². The number of halogens is 2. The summed E-state index contributed by atoms with van der Waals surface area (Å²) in [6.45, 7) is 1.11. The number of carbonyl (C=O) groups is 1. The number of esters is 1. The lowest BCUT2D eigenvalue weighted by Crippen LogP contribution is -2.13. The highest BCUT2D eigenvalue weighted by atomic mass is 32.1. The minimum absolute atomic E-state index is 0.0438. The maximum absolute atomic E-state index is 12.1. The summed E-state index contributed by atoms with van der Waals surface area (Å²) in [6, 6.07) is 1.80. The first-order chi connectivity index (χ1) is 8.51. The van der Waals surface area contributed by atoms with Gasteiger partial charge in [-0.3, -0.25) is 0 Å². The standard InChI is InChI=1S/C10H11F2N3O2S/c1-2-17-10(16)7-8(14)5(3-13)18-9(7)15-4-6(11)12/h6,15H,2,4,14H2,1H3. The average Bonchev–Trinajstić information content (AvgIpc) is 2.63. The normalized spacial score (nSPS) is 10.2. The number of rotatable bonds is 5. The predicted molar refractivity (Wildman–Crippen MR) is 63.9 cm³/mol. The van der Waals surface area contributed by atoms with Gasteiger partial charge in [-0.1, -0.05) is 0 Å². The van der Waals surface area contributed by atoms with E-state index in [4.69, 9.17) is 15.7 Å². The molecule has 0 saturated carbocycles. The summed E-state index contributed by atoms with van der Waals surface area (Å²) in [5, 5.41) is 11.3. The number of nitrogens with zero attached hydrogens (tertiary/aromatic N) is 1. The number of nitrogen functional groups attached to an aromatic ring is 1. The molecule has 0 atom stereocenters. The van der Waals surface area contributed by atoms with Crippen LogP contribution >= 0.6 is 11.3 Å². The van der Waals surface area contributed by atoms with E-state index in [0.29, 0.717) is 0 Å². The molecular weight excluding hydrogens is 264 g/mol. The molecule has 3 N–H and O–H groups in total. The van der Waals surface area contributed by atoms with Crippen molar-refractivity contribution in [3.05, 3.63) is 10.4 Å². The average molecular weight is 275 g/mol. The van der Waals surface area contributed by atoms with E-state index in [1.54, 1.807) is 13.0 Å². The summed E-state index contributed by atoms with van der Waals surface area (Å²) in [5.41, 5.74) is 5.51.